The van der Waals surface area contributed by atoms with E-state index in [9.17, 15) is 4.39 Å². The van der Waals surface area contributed by atoms with Crippen molar-refractivity contribution in [3.8, 4) is 5.75 Å². The zero-order valence-corrected chi connectivity index (χ0v) is 19.3. The second-order valence-corrected chi connectivity index (χ2v) is 8.63. The molecule has 1 atom stereocenters. The lowest BCUT2D eigenvalue weighted by Crippen LogP contribution is -2.35. The smallest absolute Gasteiger partial charge is 0.229 e. The third-order valence-electron chi connectivity index (χ3n) is 6.43. The lowest BCUT2D eigenvalue weighted by molar-refractivity contribution is 0.419. The minimum Gasteiger partial charge on any atom is -0.494 e. The average Bonchev–Trinajstić information content (AvgIpc) is 2.80. The number of aromatic nitrogens is 2. The molecule has 0 amide bonds. The molecule has 3 aromatic carbocycles. The molecule has 0 fully saturated rings. The summed E-state index contributed by atoms with van der Waals surface area (Å²) in [6, 6.07) is 17.4. The number of ether oxygens (including phenoxy) is 1. The van der Waals surface area contributed by atoms with E-state index in [1.165, 1.54) is 28.8 Å². The monoisotopic (exact) mass is 442 g/mol. The van der Waals surface area contributed by atoms with Crippen molar-refractivity contribution in [1.82, 2.24) is 9.97 Å². The van der Waals surface area contributed by atoms with Crippen LogP contribution in [0.1, 0.15) is 35.2 Å². The lowest BCUT2D eigenvalue weighted by atomic mass is 9.92. The topological polar surface area (TPSA) is 50.3 Å². The molecule has 0 spiro atoms. The number of benzene rings is 3. The summed E-state index contributed by atoms with van der Waals surface area (Å²) in [7, 11) is 1.65. The van der Waals surface area contributed by atoms with Crippen LogP contribution in [-0.4, -0.2) is 23.6 Å². The van der Waals surface area contributed by atoms with Crippen LogP contribution in [0.5, 0.6) is 5.75 Å². The minimum absolute atomic E-state index is 0.166. The summed E-state index contributed by atoms with van der Waals surface area (Å²) in [6.45, 7) is 7.07. The van der Waals surface area contributed by atoms with Crippen molar-refractivity contribution < 1.29 is 9.13 Å². The molecular weight excluding hydrogens is 415 g/mol. The minimum atomic E-state index is -0.268. The van der Waals surface area contributed by atoms with Crippen molar-refractivity contribution >= 4 is 28.4 Å². The number of para-hydroxylation sites is 1. The molecule has 0 aliphatic carbocycles. The van der Waals surface area contributed by atoms with Gasteiger partial charge in [-0.2, -0.15) is 4.98 Å². The van der Waals surface area contributed by atoms with Crippen LogP contribution in [0.2, 0.25) is 0 Å². The molecule has 4 aromatic rings. The first-order valence-corrected chi connectivity index (χ1v) is 11.2. The van der Waals surface area contributed by atoms with E-state index in [0.717, 1.165) is 40.9 Å². The summed E-state index contributed by atoms with van der Waals surface area (Å²) in [5.74, 6) is 1.74. The van der Waals surface area contributed by atoms with E-state index in [0.29, 0.717) is 11.7 Å². The van der Waals surface area contributed by atoms with Crippen molar-refractivity contribution in [3.05, 3.63) is 82.7 Å². The van der Waals surface area contributed by atoms with Crippen LogP contribution in [0.25, 0.3) is 10.9 Å². The highest BCUT2D eigenvalue weighted by Gasteiger charge is 2.27. The Kier molecular flexibility index (Phi) is 5.36. The van der Waals surface area contributed by atoms with Crippen LogP contribution in [0.15, 0.2) is 54.6 Å². The summed E-state index contributed by atoms with van der Waals surface area (Å²) in [6.07, 6.45) is 0.955. The zero-order valence-electron chi connectivity index (χ0n) is 19.3. The van der Waals surface area contributed by atoms with Crippen molar-refractivity contribution in [2.45, 2.75) is 33.2 Å². The SMILES string of the molecule is COc1cccc2c(N3CCc4cc(C)ccc4C3C)nc(Nc3ccc(F)cc3C)nc12. The molecule has 5 nitrogen and oxygen atoms in total. The summed E-state index contributed by atoms with van der Waals surface area (Å²) in [4.78, 5) is 12.1. The van der Waals surface area contributed by atoms with Gasteiger partial charge < -0.3 is 15.0 Å². The Morgan fingerprint density at radius 1 is 1.06 bits per heavy atom. The van der Waals surface area contributed by atoms with Crippen LogP contribution in [-0.2, 0) is 6.42 Å². The number of fused-ring (bicyclic) bond motifs is 2. The summed E-state index contributed by atoms with van der Waals surface area (Å²) < 4.78 is 19.2. The van der Waals surface area contributed by atoms with E-state index in [1.54, 1.807) is 13.2 Å². The molecule has 1 N–H and O–H groups in total. The number of anilines is 3. The van der Waals surface area contributed by atoms with Gasteiger partial charge in [0.2, 0.25) is 5.95 Å². The molecule has 1 unspecified atom stereocenters. The van der Waals surface area contributed by atoms with Gasteiger partial charge in [-0.05, 0) is 74.2 Å². The zero-order chi connectivity index (χ0) is 23.1. The second-order valence-electron chi connectivity index (χ2n) is 8.63. The second kappa shape index (κ2) is 8.35. The van der Waals surface area contributed by atoms with Crippen LogP contribution in [0.4, 0.5) is 21.8 Å². The molecular formula is C27H27FN4O. The molecule has 5 rings (SSSR count). The van der Waals surface area contributed by atoms with Gasteiger partial charge in [0, 0.05) is 17.6 Å². The van der Waals surface area contributed by atoms with Crippen molar-refractivity contribution in [3.63, 3.8) is 0 Å². The number of rotatable bonds is 4. The normalized spacial score (nSPS) is 15.4. The van der Waals surface area contributed by atoms with Crippen LogP contribution >= 0.6 is 0 Å². The van der Waals surface area contributed by atoms with Crippen LogP contribution in [0, 0.1) is 19.7 Å². The Hall–Kier alpha value is -3.67. The maximum absolute atomic E-state index is 13.6. The molecule has 1 aromatic heterocycles. The van der Waals surface area contributed by atoms with E-state index in [4.69, 9.17) is 14.7 Å². The highest BCUT2D eigenvalue weighted by atomic mass is 19.1. The Morgan fingerprint density at radius 2 is 1.91 bits per heavy atom. The largest absolute Gasteiger partial charge is 0.494 e. The molecule has 0 saturated carbocycles. The highest BCUT2D eigenvalue weighted by Crippen LogP contribution is 2.38. The summed E-state index contributed by atoms with van der Waals surface area (Å²) in [5, 5.41) is 4.24. The fourth-order valence-corrected chi connectivity index (χ4v) is 4.69. The van der Waals surface area contributed by atoms with Gasteiger partial charge in [0.1, 0.15) is 22.9 Å². The fourth-order valence-electron chi connectivity index (χ4n) is 4.69. The van der Waals surface area contributed by atoms with Gasteiger partial charge in [-0.1, -0.05) is 29.8 Å². The fraction of sp³-hybridized carbons (Fsp3) is 0.259. The number of nitrogens with one attached hydrogen (secondary N) is 1. The molecule has 0 radical (unpaired) electrons. The first-order valence-electron chi connectivity index (χ1n) is 11.2. The lowest BCUT2D eigenvalue weighted by Gasteiger charge is -2.37. The van der Waals surface area contributed by atoms with Gasteiger partial charge in [0.25, 0.3) is 0 Å². The van der Waals surface area contributed by atoms with E-state index >= 15 is 0 Å². The predicted molar refractivity (Wildman–Crippen MR) is 131 cm³/mol. The van der Waals surface area contributed by atoms with E-state index < -0.39 is 0 Å². The number of halogens is 1. The summed E-state index contributed by atoms with van der Waals surface area (Å²) >= 11 is 0. The standard InChI is InChI=1S/C27H27FN4O/c1-16-8-10-21-18(3)32(13-12-19(21)14-16)26-22-6-5-7-24(33-4)25(22)30-27(31-26)29-23-11-9-20(28)15-17(23)2/h5-11,14-15,18H,12-13H2,1-4H3,(H,29,30,31). The first-order chi connectivity index (χ1) is 15.9. The number of methoxy groups -OCH3 is 1. The number of hydrogen-bond donors (Lipinski definition) is 1. The number of hydrogen-bond acceptors (Lipinski definition) is 5. The first kappa shape index (κ1) is 21.2. The molecule has 2 heterocycles. The molecule has 0 bridgehead atoms. The van der Waals surface area contributed by atoms with Crippen molar-refractivity contribution in [1.29, 1.82) is 0 Å². The van der Waals surface area contributed by atoms with E-state index in [-0.39, 0.29) is 11.9 Å². The van der Waals surface area contributed by atoms with E-state index in [2.05, 4.69) is 42.3 Å². The van der Waals surface area contributed by atoms with Crippen molar-refractivity contribution in [2.75, 3.05) is 23.9 Å². The molecule has 33 heavy (non-hydrogen) atoms. The molecule has 168 valence electrons. The van der Waals surface area contributed by atoms with Crippen LogP contribution < -0.4 is 15.0 Å². The van der Waals surface area contributed by atoms with Gasteiger partial charge in [0.05, 0.1) is 13.2 Å². The Balaban J connectivity index is 1.64. The van der Waals surface area contributed by atoms with E-state index in [1.807, 2.05) is 25.1 Å². The maximum atomic E-state index is 13.6. The average molecular weight is 443 g/mol. The van der Waals surface area contributed by atoms with Gasteiger partial charge in [-0.25, -0.2) is 9.37 Å². The van der Waals surface area contributed by atoms with Gasteiger partial charge in [-0.15, -0.1) is 0 Å². The Labute approximate surface area is 193 Å². The molecule has 0 saturated heterocycles. The third-order valence-corrected chi connectivity index (χ3v) is 6.43. The Morgan fingerprint density at radius 3 is 2.70 bits per heavy atom. The van der Waals surface area contributed by atoms with Gasteiger partial charge in [-0.3, -0.25) is 0 Å². The molecule has 1 aliphatic rings. The Bertz CT molecular complexity index is 1350. The quantitative estimate of drug-likeness (QED) is 0.404. The van der Waals surface area contributed by atoms with Crippen LogP contribution in [0.3, 0.4) is 0 Å². The molecule has 6 heteroatoms. The number of nitrogens with zero attached hydrogens (tertiary/aromatic N) is 3. The van der Waals surface area contributed by atoms with Gasteiger partial charge in [0.15, 0.2) is 0 Å². The molecule has 1 aliphatic heterocycles. The maximum Gasteiger partial charge on any atom is 0.229 e. The highest BCUT2D eigenvalue weighted by molar-refractivity contribution is 5.95. The van der Waals surface area contributed by atoms with Crippen molar-refractivity contribution in [2.24, 2.45) is 0 Å². The third kappa shape index (κ3) is 3.86. The summed E-state index contributed by atoms with van der Waals surface area (Å²) in [5.41, 5.74) is 6.31. The van der Waals surface area contributed by atoms with Gasteiger partial charge >= 0.3 is 0 Å². The predicted octanol–water partition coefficient (Wildman–Crippen LogP) is 6.26. The number of aryl methyl sites for hydroxylation is 2.